The zero-order chi connectivity index (χ0) is 32.2. The van der Waals surface area contributed by atoms with E-state index in [1.54, 1.807) is 40.3 Å². The van der Waals surface area contributed by atoms with Gasteiger partial charge in [0.05, 0.1) is 17.0 Å². The molecule has 3 aromatic rings. The molecule has 1 aliphatic heterocycles. The van der Waals surface area contributed by atoms with E-state index in [9.17, 15) is 26.4 Å². The van der Waals surface area contributed by atoms with Crippen LogP contribution in [0.4, 0.5) is 18.0 Å². The third kappa shape index (κ3) is 8.20. The van der Waals surface area contributed by atoms with Gasteiger partial charge >= 0.3 is 6.03 Å². The van der Waals surface area contributed by atoms with Crippen LogP contribution in [0.5, 0.6) is 0 Å². The molecule has 1 fully saturated rings. The number of carbonyl (C=O) groups excluding carboxylic acids is 1. The number of urea groups is 1. The fraction of sp³-hybridized carbons (Fsp3) is 0.500. The Labute approximate surface area is 258 Å². The molecule has 0 radical (unpaired) electrons. The molecule has 2 atom stereocenters. The number of hydrogen-bond donors (Lipinski definition) is 1. The minimum absolute atomic E-state index is 0.125. The molecule has 0 bridgehead atoms. The van der Waals surface area contributed by atoms with Gasteiger partial charge < -0.3 is 20.1 Å². The summed E-state index contributed by atoms with van der Waals surface area (Å²) in [5, 5.41) is -0.516. The van der Waals surface area contributed by atoms with Gasteiger partial charge in [-0.05, 0) is 54.5 Å². The van der Waals surface area contributed by atoms with Crippen molar-refractivity contribution in [1.82, 2.24) is 19.4 Å². The lowest BCUT2D eigenvalue weighted by molar-refractivity contribution is 0.0770. The maximum absolute atomic E-state index is 14.3. The largest absolute Gasteiger partial charge is 0.328 e. The van der Waals surface area contributed by atoms with Crippen LogP contribution in [0, 0.1) is 17.0 Å². The maximum Gasteiger partial charge on any atom is 0.320 e. The second-order valence-corrected chi connectivity index (χ2v) is 15.0. The number of likely N-dealkylation sites (tertiary alicyclic amines) is 1. The Balaban J connectivity index is 1.81. The number of sulfone groups is 1. The molecule has 4 rings (SSSR count). The quantitative estimate of drug-likeness (QED) is 0.314. The lowest BCUT2D eigenvalue weighted by Crippen LogP contribution is -2.52. The second kappa shape index (κ2) is 13.7. The molecule has 2 heterocycles. The molecule has 0 unspecified atom stereocenters. The zero-order valence-corrected chi connectivity index (χ0v) is 26.5. The van der Waals surface area contributed by atoms with E-state index in [1.807, 2.05) is 25.3 Å². The van der Waals surface area contributed by atoms with Gasteiger partial charge in [-0.3, -0.25) is 0 Å². The molecule has 2 N–H and O–H groups in total. The molecule has 1 aromatic heterocycles. The summed E-state index contributed by atoms with van der Waals surface area (Å²) in [5.41, 5.74) is 7.05. The van der Waals surface area contributed by atoms with Gasteiger partial charge in [-0.15, -0.1) is 0 Å². The van der Waals surface area contributed by atoms with Crippen molar-refractivity contribution < 1.29 is 26.4 Å². The first kappa shape index (κ1) is 33.5. The number of benzene rings is 2. The standard InChI is InChI=1S/C32H42F3N5O3S/c1-32(2,3)29(40(16-11-26(36)19-33)31(41)38-14-12-27(13-15-38)44(4,42)43)30-37-28(23-8-6-10-25(35)18-23)21-39(30)20-22-7-5-9-24(34)17-22/h5-10,17-18,21,26-27,29H,11-16,19-20,36H2,1-4H3/t26-,29+/m1/s1. The smallest absolute Gasteiger partial charge is 0.320 e. The van der Waals surface area contributed by atoms with Crippen molar-refractivity contribution in [2.75, 3.05) is 32.6 Å². The van der Waals surface area contributed by atoms with Crippen LogP contribution in [-0.4, -0.2) is 77.7 Å². The van der Waals surface area contributed by atoms with Gasteiger partial charge in [-0.1, -0.05) is 45.0 Å². The van der Waals surface area contributed by atoms with Crippen LogP contribution < -0.4 is 5.73 Å². The van der Waals surface area contributed by atoms with Gasteiger partial charge in [-0.2, -0.15) is 0 Å². The number of alkyl halides is 1. The zero-order valence-electron chi connectivity index (χ0n) is 25.7. The number of halogens is 3. The molecule has 12 heteroatoms. The molecule has 1 aliphatic rings. The number of hydrogen-bond acceptors (Lipinski definition) is 5. The van der Waals surface area contributed by atoms with Crippen LogP contribution in [0.3, 0.4) is 0 Å². The summed E-state index contributed by atoms with van der Waals surface area (Å²) in [6.07, 6.45) is 3.81. The van der Waals surface area contributed by atoms with E-state index in [1.165, 1.54) is 30.5 Å². The summed E-state index contributed by atoms with van der Waals surface area (Å²) >= 11 is 0. The highest BCUT2D eigenvalue weighted by molar-refractivity contribution is 7.91. The van der Waals surface area contributed by atoms with Crippen LogP contribution in [0.15, 0.2) is 54.7 Å². The van der Waals surface area contributed by atoms with Crippen molar-refractivity contribution in [1.29, 1.82) is 0 Å². The first-order chi connectivity index (χ1) is 20.7. The topological polar surface area (TPSA) is 102 Å². The third-order valence-electron chi connectivity index (χ3n) is 8.05. The highest BCUT2D eigenvalue weighted by Crippen LogP contribution is 2.40. The van der Waals surface area contributed by atoms with Crippen LogP contribution >= 0.6 is 0 Å². The van der Waals surface area contributed by atoms with Gasteiger partial charge in [0.15, 0.2) is 0 Å². The van der Waals surface area contributed by atoms with Crippen LogP contribution in [0.1, 0.15) is 57.5 Å². The van der Waals surface area contributed by atoms with E-state index >= 15 is 0 Å². The summed E-state index contributed by atoms with van der Waals surface area (Å²) in [6, 6.07) is 10.5. The third-order valence-corrected chi connectivity index (χ3v) is 9.73. The van der Waals surface area contributed by atoms with E-state index in [0.717, 1.165) is 0 Å². The van der Waals surface area contributed by atoms with Gasteiger partial charge in [0.2, 0.25) is 0 Å². The lowest BCUT2D eigenvalue weighted by Gasteiger charge is -2.43. The molecular formula is C32H42F3N5O3S. The van der Waals surface area contributed by atoms with Crippen molar-refractivity contribution in [3.63, 3.8) is 0 Å². The molecule has 0 spiro atoms. The van der Waals surface area contributed by atoms with E-state index in [2.05, 4.69) is 0 Å². The molecule has 0 saturated carbocycles. The highest BCUT2D eigenvalue weighted by Gasteiger charge is 2.41. The van der Waals surface area contributed by atoms with Crippen LogP contribution in [0.2, 0.25) is 0 Å². The van der Waals surface area contributed by atoms with Crippen molar-refractivity contribution in [3.8, 4) is 11.3 Å². The van der Waals surface area contributed by atoms with E-state index in [4.69, 9.17) is 10.7 Å². The Bertz CT molecular complexity index is 1550. The van der Waals surface area contributed by atoms with Gasteiger partial charge in [0, 0.05) is 50.2 Å². The summed E-state index contributed by atoms with van der Waals surface area (Å²) in [5.74, 6) is -0.323. The summed E-state index contributed by atoms with van der Waals surface area (Å²) in [7, 11) is -3.24. The monoisotopic (exact) mass is 633 g/mol. The van der Waals surface area contributed by atoms with E-state index in [-0.39, 0.29) is 38.6 Å². The predicted octanol–water partition coefficient (Wildman–Crippen LogP) is 5.58. The number of nitrogens with two attached hydrogens (primary N) is 1. The normalized spacial score (nSPS) is 16.1. The average Bonchev–Trinajstić information content (AvgIpc) is 3.36. The first-order valence-electron chi connectivity index (χ1n) is 14.8. The number of piperidine rings is 1. The summed E-state index contributed by atoms with van der Waals surface area (Å²) < 4.78 is 68.1. The minimum Gasteiger partial charge on any atom is -0.328 e. The molecule has 1 saturated heterocycles. The van der Waals surface area contributed by atoms with Crippen molar-refractivity contribution in [3.05, 3.63) is 77.8 Å². The molecule has 8 nitrogen and oxygen atoms in total. The number of amides is 2. The Morgan fingerprint density at radius 3 is 2.30 bits per heavy atom. The predicted molar refractivity (Wildman–Crippen MR) is 165 cm³/mol. The fourth-order valence-corrected chi connectivity index (χ4v) is 6.83. The second-order valence-electron chi connectivity index (χ2n) is 12.7. The number of imidazole rings is 1. The minimum atomic E-state index is -3.24. The van der Waals surface area contributed by atoms with Crippen LogP contribution in [-0.2, 0) is 16.4 Å². The Kier molecular flexibility index (Phi) is 10.5. The molecule has 0 aliphatic carbocycles. The van der Waals surface area contributed by atoms with Crippen molar-refractivity contribution >= 4 is 15.9 Å². The number of carbonyl (C=O) groups is 1. The van der Waals surface area contributed by atoms with Gasteiger partial charge in [0.25, 0.3) is 0 Å². The summed E-state index contributed by atoms with van der Waals surface area (Å²) in [6.45, 7) is 6.01. The molecular weight excluding hydrogens is 591 g/mol. The average molecular weight is 634 g/mol. The summed E-state index contributed by atoms with van der Waals surface area (Å²) in [4.78, 5) is 22.5. The lowest BCUT2D eigenvalue weighted by atomic mass is 9.84. The molecule has 44 heavy (non-hydrogen) atoms. The van der Waals surface area contributed by atoms with Gasteiger partial charge in [-0.25, -0.2) is 31.4 Å². The SMILES string of the molecule is CC(C)(C)[C@H](c1nc(-c2cccc(F)c2)cn1Cc1cccc(F)c1)N(CC[C@@H](N)CF)C(=O)N1CCC(S(C)(=O)=O)CC1. The molecule has 2 amide bonds. The Morgan fingerprint density at radius 2 is 1.73 bits per heavy atom. The van der Waals surface area contributed by atoms with E-state index < -0.39 is 50.9 Å². The number of aromatic nitrogens is 2. The maximum atomic E-state index is 14.3. The van der Waals surface area contributed by atoms with E-state index in [0.29, 0.717) is 35.5 Å². The fourth-order valence-electron chi connectivity index (χ4n) is 5.76. The Morgan fingerprint density at radius 1 is 1.09 bits per heavy atom. The van der Waals surface area contributed by atoms with Crippen molar-refractivity contribution in [2.24, 2.45) is 11.1 Å². The first-order valence-corrected chi connectivity index (χ1v) is 16.8. The van der Waals surface area contributed by atoms with Crippen LogP contribution in [0.25, 0.3) is 11.3 Å². The highest BCUT2D eigenvalue weighted by atomic mass is 32.2. The molecule has 240 valence electrons. The number of rotatable bonds is 10. The molecule has 2 aromatic carbocycles. The Hall–Kier alpha value is -3.38. The van der Waals surface area contributed by atoms with Gasteiger partial charge in [0.1, 0.15) is 34.0 Å². The van der Waals surface area contributed by atoms with Crippen molar-refractivity contribution in [2.45, 2.75) is 63.9 Å². The number of nitrogens with zero attached hydrogens (tertiary/aromatic N) is 4.